The first-order valence-corrected chi connectivity index (χ1v) is 6.11. The first-order valence-electron chi connectivity index (χ1n) is 4.86. The maximum absolute atomic E-state index is 5.77. The van der Waals surface area contributed by atoms with Crippen molar-refractivity contribution in [2.24, 2.45) is 0 Å². The van der Waals surface area contributed by atoms with Crippen molar-refractivity contribution in [2.75, 3.05) is 0 Å². The summed E-state index contributed by atoms with van der Waals surface area (Å²) in [5.74, 6) is 0. The van der Waals surface area contributed by atoms with Gasteiger partial charge >= 0.3 is 0 Å². The van der Waals surface area contributed by atoms with E-state index >= 15 is 0 Å². The molecule has 0 saturated carbocycles. The summed E-state index contributed by atoms with van der Waals surface area (Å²) >= 11 is 7.41. The van der Waals surface area contributed by atoms with Crippen molar-refractivity contribution < 1.29 is 0 Å². The van der Waals surface area contributed by atoms with Crippen LogP contribution in [0.15, 0.2) is 23.7 Å². The van der Waals surface area contributed by atoms with Gasteiger partial charge in [0.1, 0.15) is 5.01 Å². The third-order valence-corrected chi connectivity index (χ3v) is 3.14. The Morgan fingerprint density at radius 1 is 1.40 bits per heavy atom. The van der Waals surface area contributed by atoms with E-state index < -0.39 is 0 Å². The van der Waals surface area contributed by atoms with Crippen LogP contribution >= 0.6 is 22.9 Å². The van der Waals surface area contributed by atoms with Crippen LogP contribution in [0.1, 0.15) is 19.0 Å². The average molecular weight is 239 g/mol. The zero-order valence-electron chi connectivity index (χ0n) is 8.40. The van der Waals surface area contributed by atoms with Gasteiger partial charge in [0.05, 0.1) is 16.4 Å². The fourth-order valence-corrected chi connectivity index (χ4v) is 2.24. The molecular weight excluding hydrogens is 228 g/mol. The van der Waals surface area contributed by atoms with Gasteiger partial charge in [-0.3, -0.25) is 4.98 Å². The maximum Gasteiger partial charge on any atom is 0.142 e. The average Bonchev–Trinajstić information content (AvgIpc) is 2.68. The van der Waals surface area contributed by atoms with Crippen LogP contribution < -0.4 is 0 Å². The molecule has 4 heteroatoms. The van der Waals surface area contributed by atoms with E-state index in [9.17, 15) is 0 Å². The monoisotopic (exact) mass is 238 g/mol. The smallest absolute Gasteiger partial charge is 0.142 e. The molecule has 0 unspecified atom stereocenters. The molecule has 0 atom stereocenters. The summed E-state index contributed by atoms with van der Waals surface area (Å²) < 4.78 is 0. The van der Waals surface area contributed by atoms with Crippen LogP contribution in [0, 0.1) is 0 Å². The van der Waals surface area contributed by atoms with Gasteiger partial charge in [0.15, 0.2) is 0 Å². The van der Waals surface area contributed by atoms with Crippen LogP contribution in [0.5, 0.6) is 0 Å². The number of halogens is 1. The molecule has 0 saturated heterocycles. The van der Waals surface area contributed by atoms with Crippen LogP contribution in [0.3, 0.4) is 0 Å². The molecule has 0 aliphatic rings. The van der Waals surface area contributed by atoms with Crippen molar-refractivity contribution in [1.29, 1.82) is 0 Å². The second-order valence-electron chi connectivity index (χ2n) is 3.26. The minimum Gasteiger partial charge on any atom is -0.252 e. The zero-order valence-corrected chi connectivity index (χ0v) is 9.98. The first kappa shape index (κ1) is 10.6. The lowest BCUT2D eigenvalue weighted by Crippen LogP contribution is -1.85. The van der Waals surface area contributed by atoms with Crippen molar-refractivity contribution in [1.82, 2.24) is 9.97 Å². The van der Waals surface area contributed by atoms with Gasteiger partial charge in [-0.15, -0.1) is 11.3 Å². The molecule has 2 rings (SSSR count). The van der Waals surface area contributed by atoms with Gasteiger partial charge in [0, 0.05) is 11.6 Å². The minimum atomic E-state index is 0.657. The van der Waals surface area contributed by atoms with E-state index in [-0.39, 0.29) is 0 Å². The topological polar surface area (TPSA) is 25.8 Å². The van der Waals surface area contributed by atoms with E-state index in [1.54, 1.807) is 17.5 Å². The summed E-state index contributed by atoms with van der Waals surface area (Å²) in [7, 11) is 0. The number of aryl methyl sites for hydroxylation is 1. The molecule has 0 bridgehead atoms. The van der Waals surface area contributed by atoms with Gasteiger partial charge in [-0.2, -0.15) is 0 Å². The van der Waals surface area contributed by atoms with Gasteiger partial charge in [0.2, 0.25) is 0 Å². The Kier molecular flexibility index (Phi) is 3.34. The summed E-state index contributed by atoms with van der Waals surface area (Å²) in [6.07, 6.45) is 3.80. The highest BCUT2D eigenvalue weighted by Gasteiger charge is 2.04. The second kappa shape index (κ2) is 4.73. The van der Waals surface area contributed by atoms with E-state index in [0.29, 0.717) is 5.02 Å². The molecular formula is C11H11ClN2S. The van der Waals surface area contributed by atoms with E-state index in [2.05, 4.69) is 22.3 Å². The lowest BCUT2D eigenvalue weighted by molar-refractivity contribution is 0.893. The van der Waals surface area contributed by atoms with Gasteiger partial charge in [-0.1, -0.05) is 24.9 Å². The molecule has 0 amide bonds. The Morgan fingerprint density at radius 2 is 2.27 bits per heavy atom. The second-order valence-corrected chi connectivity index (χ2v) is 4.55. The lowest BCUT2D eigenvalue weighted by atomic mass is 10.3. The van der Waals surface area contributed by atoms with Crippen LogP contribution in [0.4, 0.5) is 0 Å². The summed E-state index contributed by atoms with van der Waals surface area (Å²) in [6, 6.07) is 3.74. The van der Waals surface area contributed by atoms with Crippen LogP contribution in [0.25, 0.3) is 10.7 Å². The van der Waals surface area contributed by atoms with Crippen molar-refractivity contribution in [3.8, 4) is 10.7 Å². The van der Waals surface area contributed by atoms with Crippen molar-refractivity contribution in [3.05, 3.63) is 34.4 Å². The summed E-state index contributed by atoms with van der Waals surface area (Å²) in [5, 5.41) is 3.72. The van der Waals surface area contributed by atoms with Crippen molar-refractivity contribution >= 4 is 22.9 Å². The number of pyridine rings is 1. The Balaban J connectivity index is 2.25. The third-order valence-electron chi connectivity index (χ3n) is 2.00. The van der Waals surface area contributed by atoms with Gasteiger partial charge in [0.25, 0.3) is 0 Å². The number of hydrogen-bond donors (Lipinski definition) is 0. The van der Waals surface area contributed by atoms with Gasteiger partial charge in [-0.05, 0) is 18.6 Å². The van der Waals surface area contributed by atoms with Crippen LogP contribution in [0.2, 0.25) is 5.02 Å². The summed E-state index contributed by atoms with van der Waals surface area (Å²) in [6.45, 7) is 2.15. The number of nitrogens with zero attached hydrogens (tertiary/aromatic N) is 2. The summed E-state index contributed by atoms with van der Waals surface area (Å²) in [4.78, 5) is 8.75. The van der Waals surface area contributed by atoms with E-state index in [1.807, 2.05) is 12.1 Å². The molecule has 0 spiro atoms. The third kappa shape index (κ3) is 2.55. The first-order chi connectivity index (χ1) is 7.29. The largest absolute Gasteiger partial charge is 0.252 e. The van der Waals surface area contributed by atoms with Crippen LogP contribution in [-0.4, -0.2) is 9.97 Å². The molecule has 15 heavy (non-hydrogen) atoms. The number of rotatable bonds is 3. The van der Waals surface area contributed by atoms with Crippen LogP contribution in [-0.2, 0) is 6.42 Å². The normalized spacial score (nSPS) is 10.5. The highest BCUT2D eigenvalue weighted by atomic mass is 35.5. The molecule has 2 nitrogen and oxygen atoms in total. The fraction of sp³-hybridized carbons (Fsp3) is 0.273. The predicted octanol–water partition coefficient (Wildman–Crippen LogP) is 3.81. The molecule has 0 N–H and O–H groups in total. The molecule has 2 aromatic rings. The molecule has 0 aliphatic heterocycles. The molecule has 2 heterocycles. The van der Waals surface area contributed by atoms with Crippen molar-refractivity contribution in [2.45, 2.75) is 19.8 Å². The minimum absolute atomic E-state index is 0.657. The Morgan fingerprint density at radius 3 is 2.93 bits per heavy atom. The lowest BCUT2D eigenvalue weighted by Gasteiger charge is -1.94. The zero-order chi connectivity index (χ0) is 10.7. The van der Waals surface area contributed by atoms with Gasteiger partial charge in [-0.25, -0.2) is 4.98 Å². The Labute approximate surface area is 98.0 Å². The fourth-order valence-electron chi connectivity index (χ4n) is 1.30. The standard InChI is InChI=1S/C11H11ClN2S/c1-2-3-9-7-15-11(14-9)10-5-4-8(12)6-13-10/h4-7H,2-3H2,1H3. The van der Waals surface area contributed by atoms with E-state index in [4.69, 9.17) is 11.6 Å². The number of thiazole rings is 1. The van der Waals surface area contributed by atoms with Crippen molar-refractivity contribution in [3.63, 3.8) is 0 Å². The maximum atomic E-state index is 5.77. The quantitative estimate of drug-likeness (QED) is 0.813. The van der Waals surface area contributed by atoms with E-state index in [0.717, 1.165) is 29.2 Å². The highest BCUT2D eigenvalue weighted by molar-refractivity contribution is 7.13. The highest BCUT2D eigenvalue weighted by Crippen LogP contribution is 2.23. The van der Waals surface area contributed by atoms with Gasteiger partial charge < -0.3 is 0 Å². The molecule has 2 aromatic heterocycles. The number of hydrogen-bond acceptors (Lipinski definition) is 3. The predicted molar refractivity (Wildman–Crippen MR) is 64.4 cm³/mol. The molecule has 78 valence electrons. The Hall–Kier alpha value is -0.930. The SMILES string of the molecule is CCCc1csc(-c2ccc(Cl)cn2)n1. The Bertz CT molecular complexity index is 436. The molecule has 0 aromatic carbocycles. The molecule has 0 aliphatic carbocycles. The molecule has 0 radical (unpaired) electrons. The van der Waals surface area contributed by atoms with E-state index in [1.165, 1.54) is 0 Å². The molecule has 0 fully saturated rings. The summed E-state index contributed by atoms with van der Waals surface area (Å²) in [5.41, 5.74) is 2.04. The number of aromatic nitrogens is 2.